The summed E-state index contributed by atoms with van der Waals surface area (Å²) in [6, 6.07) is 7.05. The van der Waals surface area contributed by atoms with Crippen molar-refractivity contribution in [2.24, 2.45) is 0 Å². The summed E-state index contributed by atoms with van der Waals surface area (Å²) in [4.78, 5) is 23.9. The second-order valence-electron chi connectivity index (χ2n) is 6.99. The van der Waals surface area contributed by atoms with E-state index in [1.54, 1.807) is 0 Å². The molecule has 1 atom stereocenters. The molecule has 166 valence electrons. The number of alkyl halides is 3. The van der Waals surface area contributed by atoms with Crippen molar-refractivity contribution in [2.45, 2.75) is 36.5 Å². The molecule has 6 nitrogen and oxygen atoms in total. The molecule has 0 aromatic heterocycles. The van der Waals surface area contributed by atoms with Crippen LogP contribution in [0.25, 0.3) is 0 Å². The van der Waals surface area contributed by atoms with Crippen molar-refractivity contribution < 1.29 is 35.6 Å². The molecule has 1 fully saturated rings. The summed E-state index contributed by atoms with van der Waals surface area (Å²) < 4.78 is 78.8. The average molecular weight is 458 g/mol. The van der Waals surface area contributed by atoms with Crippen molar-refractivity contribution in [3.63, 3.8) is 0 Å². The number of carbonyl (C=O) groups is 2. The van der Waals surface area contributed by atoms with Crippen LogP contribution in [0.15, 0.2) is 53.4 Å². The van der Waals surface area contributed by atoms with Crippen LogP contribution in [0.3, 0.4) is 0 Å². The van der Waals surface area contributed by atoms with E-state index in [0.29, 0.717) is 11.6 Å². The standard InChI is InChI=1S/C20H18F4N2O4S/c21-15-6-4-13(5-7-15)12-25-19(28)18-11-16(27)8-9-26(18)31(29,30)17-3-1-2-14(10-17)20(22,23)24/h1-7,10,18H,8-9,11-12H2,(H,25,28). The molecule has 0 radical (unpaired) electrons. The number of hydrogen-bond acceptors (Lipinski definition) is 4. The number of nitrogens with one attached hydrogen (secondary N) is 1. The monoisotopic (exact) mass is 458 g/mol. The molecule has 2 aromatic carbocycles. The Morgan fingerprint density at radius 2 is 1.81 bits per heavy atom. The van der Waals surface area contributed by atoms with E-state index in [4.69, 9.17) is 0 Å². The zero-order valence-corrected chi connectivity index (χ0v) is 16.8. The number of sulfonamides is 1. The van der Waals surface area contributed by atoms with Gasteiger partial charge in [-0.25, -0.2) is 12.8 Å². The predicted octanol–water partition coefficient (Wildman–Crippen LogP) is 2.88. The Morgan fingerprint density at radius 1 is 1.13 bits per heavy atom. The lowest BCUT2D eigenvalue weighted by atomic mass is 10.0. The largest absolute Gasteiger partial charge is 0.416 e. The molecule has 31 heavy (non-hydrogen) atoms. The summed E-state index contributed by atoms with van der Waals surface area (Å²) in [7, 11) is -4.48. The average Bonchev–Trinajstić information content (AvgIpc) is 2.72. The summed E-state index contributed by atoms with van der Waals surface area (Å²) in [5.41, 5.74) is -0.594. The lowest BCUT2D eigenvalue weighted by molar-refractivity contribution is -0.137. The maximum absolute atomic E-state index is 13.0. The van der Waals surface area contributed by atoms with Crippen LogP contribution in [0.4, 0.5) is 17.6 Å². The first kappa shape index (κ1) is 22.9. The number of Topliss-reactive ketones (excluding diaryl/α,β-unsaturated/α-hetero) is 1. The number of halogens is 4. The molecular formula is C20H18F4N2O4S. The van der Waals surface area contributed by atoms with E-state index in [0.717, 1.165) is 22.5 Å². The van der Waals surface area contributed by atoms with Gasteiger partial charge < -0.3 is 5.32 Å². The van der Waals surface area contributed by atoms with Crippen LogP contribution >= 0.6 is 0 Å². The highest BCUT2D eigenvalue weighted by Crippen LogP contribution is 2.32. The van der Waals surface area contributed by atoms with Crippen molar-refractivity contribution in [1.29, 1.82) is 0 Å². The molecule has 1 N–H and O–H groups in total. The van der Waals surface area contributed by atoms with Gasteiger partial charge in [-0.15, -0.1) is 0 Å². The van der Waals surface area contributed by atoms with Gasteiger partial charge in [-0.1, -0.05) is 18.2 Å². The highest BCUT2D eigenvalue weighted by atomic mass is 32.2. The minimum absolute atomic E-state index is 0.0404. The Hall–Kier alpha value is -2.79. The van der Waals surface area contributed by atoms with E-state index >= 15 is 0 Å². The third kappa shape index (κ3) is 5.28. The van der Waals surface area contributed by atoms with Crippen molar-refractivity contribution >= 4 is 21.7 Å². The van der Waals surface area contributed by atoms with Gasteiger partial charge in [-0.2, -0.15) is 17.5 Å². The predicted molar refractivity (Wildman–Crippen MR) is 102 cm³/mol. The lowest BCUT2D eigenvalue weighted by Gasteiger charge is -2.33. The zero-order valence-electron chi connectivity index (χ0n) is 16.0. The zero-order chi connectivity index (χ0) is 22.8. The highest BCUT2D eigenvalue weighted by molar-refractivity contribution is 7.89. The molecule has 1 aliphatic heterocycles. The number of amides is 1. The number of carbonyl (C=O) groups excluding carboxylic acids is 2. The van der Waals surface area contributed by atoms with Gasteiger partial charge in [0.05, 0.1) is 10.5 Å². The smallest absolute Gasteiger partial charge is 0.351 e. The number of hydrogen-bond donors (Lipinski definition) is 1. The number of benzene rings is 2. The van der Waals surface area contributed by atoms with Gasteiger partial charge in [-0.3, -0.25) is 9.59 Å². The van der Waals surface area contributed by atoms with Crippen molar-refractivity contribution in [3.8, 4) is 0 Å². The van der Waals surface area contributed by atoms with E-state index in [9.17, 15) is 35.6 Å². The number of ketones is 1. The molecule has 1 heterocycles. The molecule has 1 aliphatic rings. The first-order chi connectivity index (χ1) is 14.5. The normalized spacial score (nSPS) is 18.1. The van der Waals surface area contributed by atoms with Crippen LogP contribution in [0.5, 0.6) is 0 Å². The van der Waals surface area contributed by atoms with Crippen LogP contribution in [-0.4, -0.2) is 37.0 Å². The Labute approximate surface area is 175 Å². The van der Waals surface area contributed by atoms with Crippen LogP contribution in [-0.2, 0) is 32.3 Å². The summed E-state index contributed by atoms with van der Waals surface area (Å²) in [6.07, 6.45) is -5.29. The van der Waals surface area contributed by atoms with Crippen molar-refractivity contribution in [3.05, 3.63) is 65.5 Å². The van der Waals surface area contributed by atoms with Gasteiger partial charge in [-0.05, 0) is 35.9 Å². The maximum atomic E-state index is 13.0. The molecule has 3 rings (SSSR count). The fraction of sp³-hybridized carbons (Fsp3) is 0.300. The Balaban J connectivity index is 1.84. The van der Waals surface area contributed by atoms with E-state index in [1.165, 1.54) is 24.3 Å². The minimum Gasteiger partial charge on any atom is -0.351 e. The quantitative estimate of drug-likeness (QED) is 0.699. The Morgan fingerprint density at radius 3 is 2.45 bits per heavy atom. The van der Waals surface area contributed by atoms with Gasteiger partial charge in [0.1, 0.15) is 17.6 Å². The maximum Gasteiger partial charge on any atom is 0.416 e. The van der Waals surface area contributed by atoms with Gasteiger partial charge in [0.15, 0.2) is 0 Å². The van der Waals surface area contributed by atoms with E-state index in [-0.39, 0.29) is 25.3 Å². The molecular weight excluding hydrogens is 440 g/mol. The molecule has 0 spiro atoms. The first-order valence-electron chi connectivity index (χ1n) is 9.21. The van der Waals surface area contributed by atoms with Gasteiger partial charge >= 0.3 is 6.18 Å². The molecule has 1 unspecified atom stereocenters. The molecule has 1 saturated heterocycles. The topological polar surface area (TPSA) is 83.6 Å². The third-order valence-corrected chi connectivity index (χ3v) is 6.73. The van der Waals surface area contributed by atoms with E-state index < -0.39 is 50.8 Å². The van der Waals surface area contributed by atoms with Crippen LogP contribution in [0, 0.1) is 5.82 Å². The number of piperidine rings is 1. The third-order valence-electron chi connectivity index (χ3n) is 4.83. The van der Waals surface area contributed by atoms with Gasteiger partial charge in [0.25, 0.3) is 0 Å². The van der Waals surface area contributed by atoms with Crippen LogP contribution < -0.4 is 5.32 Å². The second kappa shape index (κ2) is 8.75. The van der Waals surface area contributed by atoms with Crippen molar-refractivity contribution in [2.75, 3.05) is 6.54 Å². The summed E-state index contributed by atoms with van der Waals surface area (Å²) in [6.45, 7) is -0.368. The summed E-state index contributed by atoms with van der Waals surface area (Å²) >= 11 is 0. The van der Waals surface area contributed by atoms with Crippen LogP contribution in [0.2, 0.25) is 0 Å². The molecule has 11 heteroatoms. The fourth-order valence-corrected chi connectivity index (χ4v) is 4.83. The number of rotatable bonds is 5. The first-order valence-corrected chi connectivity index (χ1v) is 10.7. The Bertz CT molecular complexity index is 1090. The minimum atomic E-state index is -4.74. The van der Waals surface area contributed by atoms with Crippen molar-refractivity contribution in [1.82, 2.24) is 9.62 Å². The van der Waals surface area contributed by atoms with Crippen LogP contribution in [0.1, 0.15) is 24.0 Å². The second-order valence-corrected chi connectivity index (χ2v) is 8.88. The number of nitrogens with zero attached hydrogens (tertiary/aromatic N) is 1. The molecule has 0 saturated carbocycles. The molecule has 1 amide bonds. The molecule has 0 bridgehead atoms. The van der Waals surface area contributed by atoms with Gasteiger partial charge in [0.2, 0.25) is 15.9 Å². The summed E-state index contributed by atoms with van der Waals surface area (Å²) in [5, 5.41) is 2.50. The van der Waals surface area contributed by atoms with E-state index in [1.807, 2.05) is 0 Å². The molecule has 0 aliphatic carbocycles. The highest BCUT2D eigenvalue weighted by Gasteiger charge is 2.41. The SMILES string of the molecule is O=C1CCN(S(=O)(=O)c2cccc(C(F)(F)F)c2)C(C(=O)NCc2ccc(F)cc2)C1. The fourth-order valence-electron chi connectivity index (χ4n) is 3.20. The summed E-state index contributed by atoms with van der Waals surface area (Å²) in [5.74, 6) is -1.57. The lowest BCUT2D eigenvalue weighted by Crippen LogP contribution is -2.53. The van der Waals surface area contributed by atoms with E-state index in [2.05, 4.69) is 5.32 Å². The molecule has 2 aromatic rings. The Kier molecular flexibility index (Phi) is 6.46. The van der Waals surface area contributed by atoms with Gasteiger partial charge in [0, 0.05) is 25.9 Å².